The lowest BCUT2D eigenvalue weighted by atomic mass is 10.3. The number of phenolic OH excluding ortho intramolecular Hbond substituents is 1. The van der Waals surface area contributed by atoms with E-state index in [4.69, 9.17) is 0 Å². The standard InChI is InChI=1S/C18H21N5O4S/c1-10(2)23-14-15(21(3)18(27)22(4)16(14)26)20-17(23)28-9-13(25)19-11-6-5-7-12(24)8-11/h5-8,10,24H,9H2,1-4H3,(H,19,25). The van der Waals surface area contributed by atoms with E-state index in [-0.39, 0.29) is 29.1 Å². The van der Waals surface area contributed by atoms with Gasteiger partial charge in [0.05, 0.1) is 5.75 Å². The minimum Gasteiger partial charge on any atom is -0.508 e. The van der Waals surface area contributed by atoms with Crippen molar-refractivity contribution in [2.45, 2.75) is 25.0 Å². The zero-order valence-electron chi connectivity index (χ0n) is 16.0. The highest BCUT2D eigenvalue weighted by atomic mass is 32.2. The average molecular weight is 403 g/mol. The lowest BCUT2D eigenvalue weighted by Crippen LogP contribution is -2.37. The maximum absolute atomic E-state index is 12.6. The molecule has 3 aromatic rings. The predicted octanol–water partition coefficient (Wildman–Crippen LogP) is 1.45. The first kappa shape index (κ1) is 19.7. The Kier molecular flexibility index (Phi) is 5.32. The number of nitrogens with zero attached hydrogens (tertiary/aromatic N) is 4. The normalized spacial score (nSPS) is 11.3. The summed E-state index contributed by atoms with van der Waals surface area (Å²) in [6, 6.07) is 6.18. The maximum atomic E-state index is 12.6. The summed E-state index contributed by atoms with van der Waals surface area (Å²) in [6.45, 7) is 3.81. The van der Waals surface area contributed by atoms with Crippen molar-refractivity contribution in [1.29, 1.82) is 0 Å². The molecule has 10 heteroatoms. The second kappa shape index (κ2) is 7.55. The van der Waals surface area contributed by atoms with Gasteiger partial charge in [-0.15, -0.1) is 0 Å². The van der Waals surface area contributed by atoms with E-state index in [1.165, 1.54) is 35.5 Å². The smallest absolute Gasteiger partial charge is 0.332 e. The van der Waals surface area contributed by atoms with Gasteiger partial charge in [-0.05, 0) is 26.0 Å². The third kappa shape index (κ3) is 3.55. The number of carbonyl (C=O) groups is 1. The van der Waals surface area contributed by atoms with Crippen LogP contribution in [0.15, 0.2) is 39.0 Å². The molecule has 0 atom stereocenters. The van der Waals surface area contributed by atoms with E-state index >= 15 is 0 Å². The van der Waals surface area contributed by atoms with Crippen LogP contribution in [0.4, 0.5) is 5.69 Å². The number of phenols is 1. The van der Waals surface area contributed by atoms with Gasteiger partial charge in [-0.25, -0.2) is 9.78 Å². The van der Waals surface area contributed by atoms with E-state index in [0.717, 1.165) is 4.57 Å². The summed E-state index contributed by atoms with van der Waals surface area (Å²) in [7, 11) is 2.99. The largest absolute Gasteiger partial charge is 0.508 e. The fourth-order valence-electron chi connectivity index (χ4n) is 2.89. The Morgan fingerprint density at radius 2 is 1.96 bits per heavy atom. The van der Waals surface area contributed by atoms with Gasteiger partial charge in [-0.3, -0.25) is 18.7 Å². The minimum absolute atomic E-state index is 0.0555. The van der Waals surface area contributed by atoms with Crippen molar-refractivity contribution in [1.82, 2.24) is 18.7 Å². The third-order valence-electron chi connectivity index (χ3n) is 4.24. The summed E-state index contributed by atoms with van der Waals surface area (Å²) in [6.07, 6.45) is 0. The molecule has 0 aliphatic heterocycles. The molecule has 2 aromatic heterocycles. The van der Waals surface area contributed by atoms with E-state index in [9.17, 15) is 19.5 Å². The van der Waals surface area contributed by atoms with Crippen molar-refractivity contribution in [3.63, 3.8) is 0 Å². The van der Waals surface area contributed by atoms with Crippen LogP contribution in [0.25, 0.3) is 11.2 Å². The van der Waals surface area contributed by atoms with Crippen LogP contribution in [0.5, 0.6) is 5.75 Å². The van der Waals surface area contributed by atoms with E-state index in [2.05, 4.69) is 10.3 Å². The first-order valence-corrected chi connectivity index (χ1v) is 9.59. The second-order valence-electron chi connectivity index (χ2n) is 6.62. The quantitative estimate of drug-likeness (QED) is 0.624. The predicted molar refractivity (Wildman–Crippen MR) is 108 cm³/mol. The van der Waals surface area contributed by atoms with Gasteiger partial charge in [-0.2, -0.15) is 0 Å². The van der Waals surface area contributed by atoms with Crippen LogP contribution >= 0.6 is 11.8 Å². The molecule has 0 aliphatic rings. The molecule has 3 rings (SSSR count). The first-order valence-electron chi connectivity index (χ1n) is 8.60. The molecule has 1 amide bonds. The molecule has 0 saturated heterocycles. The molecule has 0 aliphatic carbocycles. The topological polar surface area (TPSA) is 111 Å². The fourth-order valence-corrected chi connectivity index (χ4v) is 3.81. The summed E-state index contributed by atoms with van der Waals surface area (Å²) in [5.74, 6) is -0.163. The number of fused-ring (bicyclic) bond motifs is 1. The molecule has 0 unspecified atom stereocenters. The summed E-state index contributed by atoms with van der Waals surface area (Å²) >= 11 is 1.18. The van der Waals surface area contributed by atoms with Gasteiger partial charge < -0.3 is 15.0 Å². The molecule has 0 fully saturated rings. The van der Waals surface area contributed by atoms with Gasteiger partial charge in [0, 0.05) is 31.9 Å². The number of amides is 1. The zero-order valence-corrected chi connectivity index (χ0v) is 16.8. The summed E-state index contributed by atoms with van der Waals surface area (Å²) in [5, 5.41) is 12.7. The highest BCUT2D eigenvalue weighted by molar-refractivity contribution is 7.99. The number of hydrogen-bond acceptors (Lipinski definition) is 6. The Bertz CT molecular complexity index is 1180. The van der Waals surface area contributed by atoms with E-state index in [0.29, 0.717) is 16.4 Å². The molecule has 28 heavy (non-hydrogen) atoms. The van der Waals surface area contributed by atoms with Gasteiger partial charge in [0.2, 0.25) is 5.91 Å². The highest BCUT2D eigenvalue weighted by Crippen LogP contribution is 2.25. The molecule has 9 nitrogen and oxygen atoms in total. The van der Waals surface area contributed by atoms with Gasteiger partial charge in [0.1, 0.15) is 5.75 Å². The van der Waals surface area contributed by atoms with Crippen molar-refractivity contribution in [2.75, 3.05) is 11.1 Å². The maximum Gasteiger partial charge on any atom is 0.332 e. The van der Waals surface area contributed by atoms with Crippen LogP contribution in [-0.4, -0.2) is 35.5 Å². The SMILES string of the molecule is CC(C)n1c(SCC(=O)Nc2cccc(O)c2)nc2c1c(=O)n(C)c(=O)n2C. The van der Waals surface area contributed by atoms with Crippen molar-refractivity contribution < 1.29 is 9.90 Å². The van der Waals surface area contributed by atoms with Gasteiger partial charge in [0.15, 0.2) is 16.3 Å². The second-order valence-corrected chi connectivity index (χ2v) is 7.57. The molecule has 0 bridgehead atoms. The molecule has 0 spiro atoms. The summed E-state index contributed by atoms with van der Waals surface area (Å²) < 4.78 is 4.11. The fraction of sp³-hybridized carbons (Fsp3) is 0.333. The number of imidazole rings is 1. The lowest BCUT2D eigenvalue weighted by molar-refractivity contribution is -0.113. The molecule has 2 N–H and O–H groups in total. The van der Waals surface area contributed by atoms with Crippen molar-refractivity contribution in [3.05, 3.63) is 45.1 Å². The van der Waals surface area contributed by atoms with Gasteiger partial charge >= 0.3 is 5.69 Å². The Morgan fingerprint density at radius 1 is 1.25 bits per heavy atom. The number of aryl methyl sites for hydroxylation is 1. The van der Waals surface area contributed by atoms with Crippen molar-refractivity contribution in [2.24, 2.45) is 14.1 Å². The molecule has 0 saturated carbocycles. The van der Waals surface area contributed by atoms with E-state index in [1.54, 1.807) is 23.7 Å². The zero-order chi connectivity index (χ0) is 20.6. The number of aromatic nitrogens is 4. The monoisotopic (exact) mass is 403 g/mol. The van der Waals surface area contributed by atoms with Crippen LogP contribution in [0.1, 0.15) is 19.9 Å². The number of aromatic hydroxyl groups is 1. The summed E-state index contributed by atoms with van der Waals surface area (Å²) in [5.41, 5.74) is 0.229. The van der Waals surface area contributed by atoms with Crippen LogP contribution < -0.4 is 16.6 Å². The van der Waals surface area contributed by atoms with Crippen LogP contribution in [0.2, 0.25) is 0 Å². The minimum atomic E-state index is -0.455. The van der Waals surface area contributed by atoms with Crippen LogP contribution in [0.3, 0.4) is 0 Å². The number of hydrogen-bond donors (Lipinski definition) is 2. The number of nitrogens with one attached hydrogen (secondary N) is 1. The highest BCUT2D eigenvalue weighted by Gasteiger charge is 2.21. The molecular formula is C18H21N5O4S. The van der Waals surface area contributed by atoms with Gasteiger partial charge in [0.25, 0.3) is 5.56 Å². The molecule has 0 radical (unpaired) electrons. The Labute approximate surface area is 164 Å². The molecule has 148 valence electrons. The van der Waals surface area contributed by atoms with Crippen molar-refractivity contribution in [3.8, 4) is 5.75 Å². The Hall–Kier alpha value is -3.01. The molecule has 2 heterocycles. The van der Waals surface area contributed by atoms with Crippen LogP contribution in [0, 0.1) is 0 Å². The lowest BCUT2D eigenvalue weighted by Gasteiger charge is -2.12. The first-order chi connectivity index (χ1) is 13.2. The average Bonchev–Trinajstić information content (AvgIpc) is 3.03. The number of anilines is 1. The van der Waals surface area contributed by atoms with Gasteiger partial charge in [-0.1, -0.05) is 17.8 Å². The summed E-state index contributed by atoms with van der Waals surface area (Å²) in [4.78, 5) is 41.5. The number of thioether (sulfide) groups is 1. The van der Waals surface area contributed by atoms with Crippen LogP contribution in [-0.2, 0) is 18.9 Å². The molecular weight excluding hydrogens is 382 g/mol. The van der Waals surface area contributed by atoms with Crippen molar-refractivity contribution >= 4 is 34.5 Å². The number of benzene rings is 1. The number of rotatable bonds is 5. The third-order valence-corrected chi connectivity index (χ3v) is 5.19. The van der Waals surface area contributed by atoms with E-state index < -0.39 is 11.2 Å². The Morgan fingerprint density at radius 3 is 2.61 bits per heavy atom. The Balaban J connectivity index is 1.93. The van der Waals surface area contributed by atoms with E-state index in [1.807, 2.05) is 13.8 Å². The molecule has 1 aromatic carbocycles. The number of carbonyl (C=O) groups excluding carboxylic acids is 1.